The summed E-state index contributed by atoms with van der Waals surface area (Å²) < 4.78 is 16.8. The number of carbonyl (C=O) groups is 2. The Kier molecular flexibility index (Phi) is 17.9. The minimum Gasteiger partial charge on any atom is -0.493 e. The highest BCUT2D eigenvalue weighted by molar-refractivity contribution is 5.76. The van der Waals surface area contributed by atoms with E-state index in [0.29, 0.717) is 25.2 Å². The number of esters is 2. The fourth-order valence-electron chi connectivity index (χ4n) is 3.76. The average Bonchev–Trinajstić information content (AvgIpc) is 2.83. The molecule has 0 N–H and O–H groups in total. The van der Waals surface area contributed by atoms with Crippen LogP contribution in [0.1, 0.15) is 130 Å². The van der Waals surface area contributed by atoms with Gasteiger partial charge >= 0.3 is 11.9 Å². The van der Waals surface area contributed by atoms with Crippen molar-refractivity contribution in [3.8, 4) is 17.2 Å². The molecule has 1 rings (SSSR count). The maximum atomic E-state index is 12.4. The Bertz CT molecular complexity index is 670. The number of carbonyl (C=O) groups excluding carboxylic acids is 2. The lowest BCUT2D eigenvalue weighted by atomic mass is 10.1. The molecule has 194 valence electrons. The molecule has 0 aromatic heterocycles. The third kappa shape index (κ3) is 15.0. The number of hydrogen-bond donors (Lipinski definition) is 0. The van der Waals surface area contributed by atoms with Crippen LogP contribution in [0.5, 0.6) is 17.2 Å². The molecule has 0 amide bonds. The SMILES string of the molecule is CCCCCCCCCC(=O)Oc1ccc(OCCC)cc1OC(=O)CCCCCCCCC. The van der Waals surface area contributed by atoms with Gasteiger partial charge < -0.3 is 14.2 Å². The van der Waals surface area contributed by atoms with Crippen LogP contribution in [-0.2, 0) is 9.59 Å². The highest BCUT2D eigenvalue weighted by Crippen LogP contribution is 2.32. The van der Waals surface area contributed by atoms with Crippen molar-refractivity contribution in [1.82, 2.24) is 0 Å². The van der Waals surface area contributed by atoms with E-state index >= 15 is 0 Å². The molecule has 0 aliphatic heterocycles. The number of unbranched alkanes of at least 4 members (excludes halogenated alkanes) is 12. The van der Waals surface area contributed by atoms with Gasteiger partial charge in [0.15, 0.2) is 11.5 Å². The third-order valence-corrected chi connectivity index (χ3v) is 5.80. The Morgan fingerprint density at radius 3 is 1.56 bits per heavy atom. The Morgan fingerprint density at radius 1 is 0.588 bits per heavy atom. The first-order valence-electron chi connectivity index (χ1n) is 13.8. The van der Waals surface area contributed by atoms with Gasteiger partial charge in [0.1, 0.15) is 5.75 Å². The van der Waals surface area contributed by atoms with Crippen LogP contribution in [0, 0.1) is 0 Å². The van der Waals surface area contributed by atoms with Crippen molar-refractivity contribution in [3.63, 3.8) is 0 Å². The van der Waals surface area contributed by atoms with Gasteiger partial charge in [0, 0.05) is 18.9 Å². The van der Waals surface area contributed by atoms with E-state index in [1.807, 2.05) is 6.92 Å². The molecule has 0 saturated heterocycles. The molecule has 0 unspecified atom stereocenters. The van der Waals surface area contributed by atoms with Crippen molar-refractivity contribution in [2.75, 3.05) is 6.61 Å². The number of benzene rings is 1. The highest BCUT2D eigenvalue weighted by atomic mass is 16.6. The first kappa shape index (κ1) is 30.0. The van der Waals surface area contributed by atoms with Gasteiger partial charge in [-0.2, -0.15) is 0 Å². The summed E-state index contributed by atoms with van der Waals surface area (Å²) in [6.07, 6.45) is 17.6. The number of ether oxygens (including phenoxy) is 3. The van der Waals surface area contributed by atoms with E-state index in [9.17, 15) is 9.59 Å². The van der Waals surface area contributed by atoms with Gasteiger partial charge in [-0.1, -0.05) is 97.8 Å². The van der Waals surface area contributed by atoms with E-state index in [1.165, 1.54) is 51.4 Å². The molecule has 0 fully saturated rings. The van der Waals surface area contributed by atoms with Gasteiger partial charge in [0.05, 0.1) is 6.61 Å². The molecule has 1 aromatic rings. The lowest BCUT2D eigenvalue weighted by Gasteiger charge is -2.13. The van der Waals surface area contributed by atoms with Crippen LogP contribution in [0.2, 0.25) is 0 Å². The van der Waals surface area contributed by atoms with E-state index in [-0.39, 0.29) is 23.4 Å². The zero-order valence-corrected chi connectivity index (χ0v) is 22.0. The predicted molar refractivity (Wildman–Crippen MR) is 139 cm³/mol. The third-order valence-electron chi connectivity index (χ3n) is 5.80. The van der Waals surface area contributed by atoms with Gasteiger partial charge in [-0.25, -0.2) is 0 Å². The minimum atomic E-state index is -0.300. The second kappa shape index (κ2) is 20.3. The van der Waals surface area contributed by atoms with Crippen molar-refractivity contribution in [2.24, 2.45) is 0 Å². The fourth-order valence-corrected chi connectivity index (χ4v) is 3.76. The summed E-state index contributed by atoms with van der Waals surface area (Å²) in [6, 6.07) is 5.05. The molecular weight excluding hydrogens is 428 g/mol. The van der Waals surface area contributed by atoms with Crippen LogP contribution in [0.3, 0.4) is 0 Å². The van der Waals surface area contributed by atoms with Crippen LogP contribution in [0.15, 0.2) is 18.2 Å². The summed E-state index contributed by atoms with van der Waals surface area (Å²) in [7, 11) is 0. The molecule has 0 heterocycles. The van der Waals surface area contributed by atoms with Gasteiger partial charge in [-0.05, 0) is 31.4 Å². The molecule has 5 nitrogen and oxygen atoms in total. The predicted octanol–water partition coefficient (Wildman–Crippen LogP) is 8.57. The van der Waals surface area contributed by atoms with E-state index in [1.54, 1.807) is 18.2 Å². The zero-order valence-electron chi connectivity index (χ0n) is 22.0. The quantitative estimate of drug-likeness (QED) is 0.101. The van der Waals surface area contributed by atoms with E-state index in [0.717, 1.165) is 44.9 Å². The highest BCUT2D eigenvalue weighted by Gasteiger charge is 2.15. The number of rotatable bonds is 21. The lowest BCUT2D eigenvalue weighted by molar-refractivity contribution is -0.137. The van der Waals surface area contributed by atoms with Crippen LogP contribution in [0.25, 0.3) is 0 Å². The molecule has 34 heavy (non-hydrogen) atoms. The second-order valence-electron chi connectivity index (χ2n) is 9.15. The van der Waals surface area contributed by atoms with E-state index < -0.39 is 0 Å². The number of hydrogen-bond acceptors (Lipinski definition) is 5. The molecule has 0 bridgehead atoms. The molecule has 0 spiro atoms. The summed E-state index contributed by atoms with van der Waals surface area (Å²) in [6.45, 7) is 7.02. The largest absolute Gasteiger partial charge is 0.493 e. The molecule has 0 aliphatic carbocycles. The Balaban J connectivity index is 2.53. The fraction of sp³-hybridized carbons (Fsp3) is 0.724. The Morgan fingerprint density at radius 2 is 1.06 bits per heavy atom. The Hall–Kier alpha value is -2.04. The molecule has 0 atom stereocenters. The van der Waals surface area contributed by atoms with Crippen LogP contribution in [-0.4, -0.2) is 18.5 Å². The van der Waals surface area contributed by atoms with Gasteiger partial charge in [0.25, 0.3) is 0 Å². The molecule has 0 aliphatic rings. The van der Waals surface area contributed by atoms with Crippen molar-refractivity contribution >= 4 is 11.9 Å². The average molecular weight is 477 g/mol. The van der Waals surface area contributed by atoms with Crippen molar-refractivity contribution < 1.29 is 23.8 Å². The minimum absolute atomic E-state index is 0.259. The van der Waals surface area contributed by atoms with Gasteiger partial charge in [0.2, 0.25) is 0 Å². The van der Waals surface area contributed by atoms with Crippen LogP contribution >= 0.6 is 0 Å². The monoisotopic (exact) mass is 476 g/mol. The summed E-state index contributed by atoms with van der Waals surface area (Å²) in [5.41, 5.74) is 0. The molecule has 1 aromatic carbocycles. The van der Waals surface area contributed by atoms with Crippen LogP contribution < -0.4 is 14.2 Å². The summed E-state index contributed by atoms with van der Waals surface area (Å²) in [5, 5.41) is 0. The lowest BCUT2D eigenvalue weighted by Crippen LogP contribution is -2.12. The Labute approximate surface area is 207 Å². The molecule has 5 heteroatoms. The van der Waals surface area contributed by atoms with Crippen LogP contribution in [0.4, 0.5) is 0 Å². The maximum absolute atomic E-state index is 12.4. The molecule has 0 radical (unpaired) electrons. The molecule has 0 saturated carbocycles. The zero-order chi connectivity index (χ0) is 24.9. The van der Waals surface area contributed by atoms with Crippen molar-refractivity contribution in [1.29, 1.82) is 0 Å². The smallest absolute Gasteiger partial charge is 0.311 e. The standard InChI is InChI=1S/C29H48O5/c1-4-7-9-11-13-15-17-19-28(30)33-26-22-21-25(32-23-6-3)24-27(26)34-29(31)20-18-16-14-12-10-8-5-2/h21-22,24H,4-20,23H2,1-3H3. The first-order valence-corrected chi connectivity index (χ1v) is 13.8. The second-order valence-corrected chi connectivity index (χ2v) is 9.15. The molecular formula is C29H48O5. The summed E-state index contributed by atoms with van der Waals surface area (Å²) in [5.74, 6) is 0.553. The van der Waals surface area contributed by atoms with Gasteiger partial charge in [-0.15, -0.1) is 0 Å². The van der Waals surface area contributed by atoms with Crippen molar-refractivity contribution in [2.45, 2.75) is 130 Å². The van der Waals surface area contributed by atoms with E-state index in [2.05, 4.69) is 13.8 Å². The van der Waals surface area contributed by atoms with Gasteiger partial charge in [-0.3, -0.25) is 9.59 Å². The first-order chi connectivity index (χ1) is 16.6. The van der Waals surface area contributed by atoms with Crippen molar-refractivity contribution in [3.05, 3.63) is 18.2 Å². The summed E-state index contributed by atoms with van der Waals surface area (Å²) >= 11 is 0. The summed E-state index contributed by atoms with van der Waals surface area (Å²) in [4.78, 5) is 24.8. The van der Waals surface area contributed by atoms with E-state index in [4.69, 9.17) is 14.2 Å². The maximum Gasteiger partial charge on any atom is 0.311 e. The normalized spacial score (nSPS) is 10.8. The topological polar surface area (TPSA) is 61.8 Å².